The van der Waals surface area contributed by atoms with Crippen LogP contribution in [0, 0.1) is 0 Å². The molecule has 18 heavy (non-hydrogen) atoms. The highest BCUT2D eigenvalue weighted by Crippen LogP contribution is 2.20. The summed E-state index contributed by atoms with van der Waals surface area (Å²) < 4.78 is 0. The molecule has 0 aromatic carbocycles. The second kappa shape index (κ2) is 7.38. The van der Waals surface area contributed by atoms with Crippen LogP contribution in [0.25, 0.3) is 0 Å². The summed E-state index contributed by atoms with van der Waals surface area (Å²) in [4.78, 5) is 8.41. The minimum atomic E-state index is -0.356. The summed E-state index contributed by atoms with van der Waals surface area (Å²) in [6, 6.07) is 0.0939. The van der Waals surface area contributed by atoms with Crippen LogP contribution < -0.4 is 10.6 Å². The van der Waals surface area contributed by atoms with E-state index in [2.05, 4.69) is 27.5 Å². The third-order valence-electron chi connectivity index (χ3n) is 2.36. The lowest BCUT2D eigenvalue weighted by Gasteiger charge is -2.17. The summed E-state index contributed by atoms with van der Waals surface area (Å²) >= 11 is 6.03. The van der Waals surface area contributed by atoms with Crippen molar-refractivity contribution in [3.8, 4) is 0 Å². The molecule has 0 aliphatic heterocycles. The lowest BCUT2D eigenvalue weighted by atomic mass is 10.1. The third kappa shape index (κ3) is 5.06. The Labute approximate surface area is 113 Å². The number of nitrogens with one attached hydrogen (secondary N) is 2. The van der Waals surface area contributed by atoms with E-state index in [-0.39, 0.29) is 12.1 Å². The molecule has 2 unspecified atom stereocenters. The Bertz CT molecular complexity index is 373. The van der Waals surface area contributed by atoms with Gasteiger partial charge >= 0.3 is 0 Å². The van der Waals surface area contributed by atoms with Gasteiger partial charge in [-0.2, -0.15) is 4.98 Å². The van der Waals surface area contributed by atoms with Gasteiger partial charge in [0.15, 0.2) is 5.82 Å². The van der Waals surface area contributed by atoms with Crippen LogP contribution in [0.15, 0.2) is 6.20 Å². The van der Waals surface area contributed by atoms with Gasteiger partial charge in [-0.1, -0.05) is 18.5 Å². The number of hydrogen-bond acceptors (Lipinski definition) is 5. The predicted octanol–water partition coefficient (Wildman–Crippen LogP) is 2.52. The number of halogens is 1. The first-order valence-electron chi connectivity index (χ1n) is 6.24. The quantitative estimate of drug-likeness (QED) is 0.712. The molecule has 6 heteroatoms. The van der Waals surface area contributed by atoms with E-state index in [1.807, 2.05) is 6.92 Å². The Morgan fingerprint density at radius 3 is 2.78 bits per heavy atom. The largest absolute Gasteiger partial charge is 0.393 e. The van der Waals surface area contributed by atoms with Gasteiger partial charge in [-0.25, -0.2) is 4.98 Å². The minimum Gasteiger partial charge on any atom is -0.393 e. The monoisotopic (exact) mass is 272 g/mol. The van der Waals surface area contributed by atoms with Crippen LogP contribution in [0.3, 0.4) is 0 Å². The van der Waals surface area contributed by atoms with Gasteiger partial charge in [0.1, 0.15) is 5.02 Å². The third-order valence-corrected chi connectivity index (χ3v) is 2.63. The van der Waals surface area contributed by atoms with Crippen LogP contribution >= 0.6 is 11.6 Å². The molecule has 0 saturated carbocycles. The Balaban J connectivity index is 2.68. The van der Waals surface area contributed by atoms with Crippen LogP contribution in [0.4, 0.5) is 11.8 Å². The summed E-state index contributed by atoms with van der Waals surface area (Å²) in [6.45, 7) is 6.63. The molecule has 1 aromatic rings. The molecule has 3 N–H and O–H groups in total. The molecule has 102 valence electrons. The zero-order valence-corrected chi connectivity index (χ0v) is 11.8. The average Bonchev–Trinajstić information content (AvgIpc) is 2.29. The van der Waals surface area contributed by atoms with Gasteiger partial charge in [0.25, 0.3) is 0 Å². The first-order chi connectivity index (χ1) is 8.52. The molecule has 5 nitrogen and oxygen atoms in total. The summed E-state index contributed by atoms with van der Waals surface area (Å²) in [5.74, 6) is 1.16. The molecule has 0 spiro atoms. The highest BCUT2D eigenvalue weighted by atomic mass is 35.5. The molecule has 0 aliphatic carbocycles. The molecular weight excluding hydrogens is 252 g/mol. The van der Waals surface area contributed by atoms with E-state index in [0.29, 0.717) is 23.2 Å². The van der Waals surface area contributed by atoms with Crippen molar-refractivity contribution in [1.29, 1.82) is 0 Å². The van der Waals surface area contributed by atoms with Crippen molar-refractivity contribution in [3.05, 3.63) is 11.2 Å². The maximum atomic E-state index is 9.32. The van der Waals surface area contributed by atoms with Gasteiger partial charge in [0.2, 0.25) is 5.95 Å². The Morgan fingerprint density at radius 2 is 2.17 bits per heavy atom. The fourth-order valence-corrected chi connectivity index (χ4v) is 1.74. The van der Waals surface area contributed by atoms with Gasteiger partial charge in [-0.15, -0.1) is 0 Å². The number of aliphatic hydroxyl groups excluding tert-OH is 1. The number of aromatic nitrogens is 2. The Morgan fingerprint density at radius 1 is 1.44 bits per heavy atom. The van der Waals surface area contributed by atoms with Crippen molar-refractivity contribution in [2.45, 2.75) is 45.8 Å². The second-order valence-corrected chi connectivity index (χ2v) is 4.85. The number of aliphatic hydroxyl groups is 1. The second-order valence-electron chi connectivity index (χ2n) is 4.45. The lowest BCUT2D eigenvalue weighted by molar-refractivity contribution is 0.179. The molecule has 0 saturated heterocycles. The molecule has 1 aromatic heterocycles. The topological polar surface area (TPSA) is 70.1 Å². The van der Waals surface area contributed by atoms with Crippen LogP contribution in [-0.2, 0) is 0 Å². The van der Waals surface area contributed by atoms with Gasteiger partial charge in [-0.3, -0.25) is 0 Å². The lowest BCUT2D eigenvalue weighted by Crippen LogP contribution is -2.21. The van der Waals surface area contributed by atoms with Gasteiger partial charge in [0.05, 0.1) is 12.3 Å². The molecule has 0 fully saturated rings. The Kier molecular flexibility index (Phi) is 6.15. The van der Waals surface area contributed by atoms with Gasteiger partial charge < -0.3 is 15.7 Å². The fraction of sp³-hybridized carbons (Fsp3) is 0.667. The Hall–Kier alpha value is -1.07. The number of anilines is 2. The molecule has 0 radical (unpaired) electrons. The number of nitrogens with zero attached hydrogens (tertiary/aromatic N) is 2. The van der Waals surface area contributed by atoms with E-state index < -0.39 is 0 Å². The molecule has 0 bridgehead atoms. The molecule has 1 rings (SSSR count). The summed E-state index contributed by atoms with van der Waals surface area (Å²) in [6.07, 6.45) is 2.86. The standard InChI is InChI=1S/C12H21ClN4O/c1-4-5-14-12-15-7-10(13)11(17-12)16-8(2)6-9(3)18/h7-9,18H,4-6H2,1-3H3,(H2,14,15,16,17). The van der Waals surface area contributed by atoms with Crippen LogP contribution in [-0.4, -0.2) is 33.8 Å². The van der Waals surface area contributed by atoms with Crippen molar-refractivity contribution in [1.82, 2.24) is 9.97 Å². The molecular formula is C12H21ClN4O. The molecule has 0 amide bonds. The summed E-state index contributed by atoms with van der Waals surface area (Å²) in [5.41, 5.74) is 0. The highest BCUT2D eigenvalue weighted by molar-refractivity contribution is 6.32. The first-order valence-corrected chi connectivity index (χ1v) is 6.61. The van der Waals surface area contributed by atoms with E-state index in [0.717, 1.165) is 13.0 Å². The van der Waals surface area contributed by atoms with Gasteiger partial charge in [-0.05, 0) is 26.7 Å². The van der Waals surface area contributed by atoms with Crippen molar-refractivity contribution in [3.63, 3.8) is 0 Å². The maximum Gasteiger partial charge on any atom is 0.224 e. The van der Waals surface area contributed by atoms with E-state index in [1.54, 1.807) is 13.1 Å². The SMILES string of the molecule is CCCNc1ncc(Cl)c(NC(C)CC(C)O)n1. The number of rotatable bonds is 7. The highest BCUT2D eigenvalue weighted by Gasteiger charge is 2.10. The van der Waals surface area contributed by atoms with Crippen LogP contribution in [0.1, 0.15) is 33.6 Å². The van der Waals surface area contributed by atoms with Crippen molar-refractivity contribution in [2.75, 3.05) is 17.2 Å². The maximum absolute atomic E-state index is 9.32. The fourth-order valence-electron chi connectivity index (χ4n) is 1.59. The van der Waals surface area contributed by atoms with E-state index >= 15 is 0 Å². The van der Waals surface area contributed by atoms with Crippen LogP contribution in [0.5, 0.6) is 0 Å². The predicted molar refractivity (Wildman–Crippen MR) is 75.2 cm³/mol. The zero-order valence-electron chi connectivity index (χ0n) is 11.1. The zero-order chi connectivity index (χ0) is 13.5. The van der Waals surface area contributed by atoms with E-state index in [9.17, 15) is 5.11 Å². The molecule has 2 atom stereocenters. The number of hydrogen-bond donors (Lipinski definition) is 3. The van der Waals surface area contributed by atoms with Crippen molar-refractivity contribution in [2.24, 2.45) is 0 Å². The average molecular weight is 273 g/mol. The molecule has 1 heterocycles. The minimum absolute atomic E-state index is 0.0939. The smallest absolute Gasteiger partial charge is 0.224 e. The summed E-state index contributed by atoms with van der Waals surface area (Å²) in [5, 5.41) is 16.1. The van der Waals surface area contributed by atoms with Crippen molar-refractivity contribution >= 4 is 23.4 Å². The van der Waals surface area contributed by atoms with Crippen molar-refractivity contribution < 1.29 is 5.11 Å². The molecule has 0 aliphatic rings. The normalized spacial score (nSPS) is 14.1. The summed E-state index contributed by atoms with van der Waals surface area (Å²) in [7, 11) is 0. The van der Waals surface area contributed by atoms with Crippen LogP contribution in [0.2, 0.25) is 5.02 Å². The first kappa shape index (κ1) is 15.0. The van der Waals surface area contributed by atoms with E-state index in [4.69, 9.17) is 11.6 Å². The van der Waals surface area contributed by atoms with Gasteiger partial charge in [0, 0.05) is 12.6 Å². The van der Waals surface area contributed by atoms with E-state index in [1.165, 1.54) is 0 Å².